The second kappa shape index (κ2) is 7.55. The van der Waals surface area contributed by atoms with Gasteiger partial charge in [0.15, 0.2) is 0 Å². The van der Waals surface area contributed by atoms with E-state index in [1.807, 2.05) is 19.0 Å². The quantitative estimate of drug-likeness (QED) is 0.829. The first kappa shape index (κ1) is 18.9. The predicted molar refractivity (Wildman–Crippen MR) is 107 cm³/mol. The molecule has 27 heavy (non-hydrogen) atoms. The number of hydrogen-bond acceptors (Lipinski definition) is 4. The van der Waals surface area contributed by atoms with Crippen molar-refractivity contribution in [3.05, 3.63) is 17.0 Å². The topological polar surface area (TPSA) is 53.4 Å². The first-order chi connectivity index (χ1) is 13.0. The maximum Gasteiger partial charge on any atom is 0.228 e. The third kappa shape index (κ3) is 3.42. The van der Waals surface area contributed by atoms with Gasteiger partial charge in [0.25, 0.3) is 0 Å². The highest BCUT2D eigenvalue weighted by atomic mass is 16.2. The molecule has 0 radical (unpaired) electrons. The van der Waals surface area contributed by atoms with Gasteiger partial charge in [-0.3, -0.25) is 14.4 Å². The number of nitrogens with one attached hydrogen (secondary N) is 1. The minimum absolute atomic E-state index is 0.0503. The van der Waals surface area contributed by atoms with Crippen molar-refractivity contribution in [1.29, 1.82) is 0 Å². The summed E-state index contributed by atoms with van der Waals surface area (Å²) in [5.74, 6) is 0.983. The maximum absolute atomic E-state index is 12.7. The van der Waals surface area contributed by atoms with Crippen LogP contribution in [0.15, 0.2) is 0 Å². The van der Waals surface area contributed by atoms with E-state index in [1.54, 1.807) is 0 Å². The van der Waals surface area contributed by atoms with E-state index >= 15 is 0 Å². The van der Waals surface area contributed by atoms with Crippen molar-refractivity contribution < 1.29 is 4.79 Å². The summed E-state index contributed by atoms with van der Waals surface area (Å²) in [6.45, 7) is 4.98. The van der Waals surface area contributed by atoms with Gasteiger partial charge in [-0.1, -0.05) is 0 Å². The zero-order valence-electron chi connectivity index (χ0n) is 17.3. The monoisotopic (exact) mass is 373 g/mol. The summed E-state index contributed by atoms with van der Waals surface area (Å²) in [5, 5.41) is 8.24. The summed E-state index contributed by atoms with van der Waals surface area (Å²) >= 11 is 0. The molecule has 3 aliphatic rings. The average molecular weight is 374 g/mol. The van der Waals surface area contributed by atoms with Crippen LogP contribution in [0.25, 0.3) is 0 Å². The Morgan fingerprint density at radius 1 is 1.26 bits per heavy atom. The SMILES string of the molecule is CNCCN(C)Cc1nn2c(c1C1CCC3(CC1)CCN(C)C3=O)CCC2. The fourth-order valence-corrected chi connectivity index (χ4v) is 5.55. The number of likely N-dealkylation sites (tertiary alicyclic amines) is 1. The van der Waals surface area contributed by atoms with Crippen LogP contribution in [0.5, 0.6) is 0 Å². The maximum atomic E-state index is 12.7. The van der Waals surface area contributed by atoms with Crippen LogP contribution in [-0.2, 0) is 24.3 Å². The Hall–Kier alpha value is -1.40. The standard InChI is InChI=1S/C21H35N5O/c1-22-11-14-24(2)15-17-19(18-5-4-12-26(18)23-17)16-6-8-21(9-7-16)10-13-25(3)20(21)27/h16,22H,4-15H2,1-3H3. The molecule has 1 aromatic rings. The Balaban J connectivity index is 1.51. The van der Waals surface area contributed by atoms with Crippen molar-refractivity contribution in [2.24, 2.45) is 5.41 Å². The molecule has 0 atom stereocenters. The zero-order chi connectivity index (χ0) is 19.0. The van der Waals surface area contributed by atoms with E-state index in [-0.39, 0.29) is 5.41 Å². The summed E-state index contributed by atoms with van der Waals surface area (Å²) in [6.07, 6.45) is 7.86. The van der Waals surface area contributed by atoms with Crippen LogP contribution in [0.1, 0.15) is 61.4 Å². The summed E-state index contributed by atoms with van der Waals surface area (Å²) in [5.41, 5.74) is 4.27. The number of nitrogens with zero attached hydrogens (tertiary/aromatic N) is 4. The number of rotatable bonds is 6. The minimum Gasteiger partial charge on any atom is -0.345 e. The van der Waals surface area contributed by atoms with Crippen molar-refractivity contribution >= 4 is 5.91 Å². The van der Waals surface area contributed by atoms with Crippen molar-refractivity contribution in [2.45, 2.75) is 64.0 Å². The normalized spacial score (nSPS) is 27.9. The Kier molecular flexibility index (Phi) is 5.30. The molecular weight excluding hydrogens is 338 g/mol. The number of carbonyl (C=O) groups excluding carboxylic acids is 1. The van der Waals surface area contributed by atoms with E-state index in [2.05, 4.69) is 21.9 Å². The Labute approximate surface area is 163 Å². The molecule has 2 aliphatic heterocycles. The lowest BCUT2D eigenvalue weighted by molar-refractivity contribution is -0.136. The molecule has 1 amide bonds. The van der Waals surface area contributed by atoms with Gasteiger partial charge in [0, 0.05) is 51.0 Å². The van der Waals surface area contributed by atoms with Crippen LogP contribution in [0.2, 0.25) is 0 Å². The van der Waals surface area contributed by atoms with Crippen LogP contribution in [0, 0.1) is 5.41 Å². The van der Waals surface area contributed by atoms with E-state index in [1.165, 1.54) is 29.8 Å². The Morgan fingerprint density at radius 3 is 2.70 bits per heavy atom. The predicted octanol–water partition coefficient (Wildman–Crippen LogP) is 1.99. The second-order valence-corrected chi connectivity index (χ2v) is 9.01. The highest BCUT2D eigenvalue weighted by Crippen LogP contribution is 2.50. The summed E-state index contributed by atoms with van der Waals surface area (Å²) in [4.78, 5) is 17.0. The Bertz CT molecular complexity index is 689. The van der Waals surface area contributed by atoms with Gasteiger partial charge in [-0.25, -0.2) is 0 Å². The number of likely N-dealkylation sites (N-methyl/N-ethyl adjacent to an activating group) is 2. The molecule has 4 rings (SSSR count). The van der Waals surface area contributed by atoms with Gasteiger partial charge in [-0.15, -0.1) is 0 Å². The van der Waals surface area contributed by atoms with Crippen LogP contribution >= 0.6 is 0 Å². The lowest BCUT2D eigenvalue weighted by Gasteiger charge is -2.36. The molecule has 6 nitrogen and oxygen atoms in total. The largest absolute Gasteiger partial charge is 0.345 e. The summed E-state index contributed by atoms with van der Waals surface area (Å²) < 4.78 is 2.27. The highest BCUT2D eigenvalue weighted by molar-refractivity contribution is 5.84. The second-order valence-electron chi connectivity index (χ2n) is 9.01. The molecular formula is C21H35N5O. The molecule has 1 N–H and O–H groups in total. The number of hydrogen-bond donors (Lipinski definition) is 1. The van der Waals surface area contributed by atoms with Crippen molar-refractivity contribution in [3.63, 3.8) is 0 Å². The molecule has 3 heterocycles. The Morgan fingerprint density at radius 2 is 2.04 bits per heavy atom. The molecule has 1 saturated carbocycles. The van der Waals surface area contributed by atoms with E-state index < -0.39 is 0 Å². The van der Waals surface area contributed by atoms with Gasteiger partial charge in [0.1, 0.15) is 0 Å². The summed E-state index contributed by atoms with van der Waals surface area (Å²) in [7, 11) is 6.16. The average Bonchev–Trinajstić information content (AvgIpc) is 3.32. The molecule has 1 spiro atoms. The third-order valence-electron chi connectivity index (χ3n) is 7.20. The van der Waals surface area contributed by atoms with E-state index in [0.717, 1.165) is 64.8 Å². The van der Waals surface area contributed by atoms with Crippen LogP contribution < -0.4 is 5.32 Å². The first-order valence-electron chi connectivity index (χ1n) is 10.7. The molecule has 0 unspecified atom stereocenters. The van der Waals surface area contributed by atoms with Crippen molar-refractivity contribution in [3.8, 4) is 0 Å². The first-order valence-corrected chi connectivity index (χ1v) is 10.7. The van der Waals surface area contributed by atoms with Crippen molar-refractivity contribution in [2.75, 3.05) is 40.8 Å². The smallest absolute Gasteiger partial charge is 0.228 e. The number of carbonyl (C=O) groups is 1. The number of amides is 1. The van der Waals surface area contributed by atoms with Crippen LogP contribution in [-0.4, -0.2) is 66.3 Å². The van der Waals surface area contributed by atoms with Gasteiger partial charge < -0.3 is 10.2 Å². The van der Waals surface area contributed by atoms with E-state index in [4.69, 9.17) is 5.10 Å². The zero-order valence-corrected chi connectivity index (χ0v) is 17.3. The van der Waals surface area contributed by atoms with Gasteiger partial charge in [-0.05, 0) is 65.0 Å². The number of fused-ring (bicyclic) bond motifs is 1. The highest BCUT2D eigenvalue weighted by Gasteiger charge is 2.48. The number of aryl methyl sites for hydroxylation is 1. The number of aromatic nitrogens is 2. The van der Waals surface area contributed by atoms with E-state index in [0.29, 0.717) is 11.8 Å². The van der Waals surface area contributed by atoms with E-state index in [9.17, 15) is 4.79 Å². The molecule has 1 aliphatic carbocycles. The van der Waals surface area contributed by atoms with Gasteiger partial charge in [0.2, 0.25) is 5.91 Å². The lowest BCUT2D eigenvalue weighted by atomic mass is 9.67. The van der Waals surface area contributed by atoms with Gasteiger partial charge in [0.05, 0.1) is 11.1 Å². The van der Waals surface area contributed by atoms with Crippen LogP contribution in [0.3, 0.4) is 0 Å². The molecule has 1 aromatic heterocycles. The fraction of sp³-hybridized carbons (Fsp3) is 0.810. The third-order valence-corrected chi connectivity index (χ3v) is 7.20. The fourth-order valence-electron chi connectivity index (χ4n) is 5.55. The molecule has 1 saturated heterocycles. The molecule has 0 aromatic carbocycles. The van der Waals surface area contributed by atoms with Crippen molar-refractivity contribution in [1.82, 2.24) is 24.9 Å². The molecule has 150 valence electrons. The van der Waals surface area contributed by atoms with Crippen LogP contribution in [0.4, 0.5) is 0 Å². The molecule has 6 heteroatoms. The summed E-state index contributed by atoms with van der Waals surface area (Å²) in [6, 6.07) is 0. The van der Waals surface area contributed by atoms with Gasteiger partial charge in [-0.2, -0.15) is 5.10 Å². The lowest BCUT2D eigenvalue weighted by Crippen LogP contribution is -2.35. The van der Waals surface area contributed by atoms with Gasteiger partial charge >= 0.3 is 0 Å². The minimum atomic E-state index is -0.0503. The molecule has 0 bridgehead atoms. The molecule has 2 fully saturated rings.